The molecular weight excluding hydrogens is 601 g/mol. The first-order chi connectivity index (χ1) is 19.7. The SMILES string of the molecule is COc1ccc(S(=O)(=O)N(CC(=O)N(Cc2ccc(Cl)cc2Cl)[C@@H](C)C(=O)NC(C)(C)C)c2ccccc2)cc1OC. The van der Waals surface area contributed by atoms with Crippen molar-refractivity contribution in [3.63, 3.8) is 0 Å². The zero-order valence-electron chi connectivity index (χ0n) is 24.4. The van der Waals surface area contributed by atoms with E-state index in [4.69, 9.17) is 32.7 Å². The molecule has 3 aromatic rings. The van der Waals surface area contributed by atoms with Crippen molar-refractivity contribution in [1.82, 2.24) is 10.2 Å². The number of hydrogen-bond donors (Lipinski definition) is 1. The molecule has 0 aliphatic rings. The van der Waals surface area contributed by atoms with Crippen LogP contribution in [0.2, 0.25) is 10.0 Å². The van der Waals surface area contributed by atoms with Gasteiger partial charge in [0.05, 0.1) is 24.8 Å². The predicted molar refractivity (Wildman–Crippen MR) is 165 cm³/mol. The molecule has 12 heteroatoms. The van der Waals surface area contributed by atoms with Crippen molar-refractivity contribution in [2.24, 2.45) is 0 Å². The molecule has 0 bridgehead atoms. The summed E-state index contributed by atoms with van der Waals surface area (Å²) in [5, 5.41) is 3.60. The number of nitrogens with one attached hydrogen (secondary N) is 1. The Labute approximate surface area is 257 Å². The second-order valence-electron chi connectivity index (χ2n) is 10.5. The van der Waals surface area contributed by atoms with E-state index in [2.05, 4.69) is 5.32 Å². The van der Waals surface area contributed by atoms with Crippen LogP contribution in [-0.2, 0) is 26.2 Å². The highest BCUT2D eigenvalue weighted by atomic mass is 35.5. The summed E-state index contributed by atoms with van der Waals surface area (Å²) in [5.41, 5.74) is 0.237. The number of nitrogens with zero attached hydrogens (tertiary/aromatic N) is 2. The molecule has 3 aromatic carbocycles. The second-order valence-corrected chi connectivity index (χ2v) is 13.2. The Morgan fingerprint density at radius 3 is 2.14 bits per heavy atom. The normalized spacial score (nSPS) is 12.3. The number of carbonyl (C=O) groups excluding carboxylic acids is 2. The largest absolute Gasteiger partial charge is 0.493 e. The monoisotopic (exact) mass is 635 g/mol. The fraction of sp³-hybridized carbons (Fsp3) is 0.333. The Hall–Kier alpha value is -3.47. The summed E-state index contributed by atoms with van der Waals surface area (Å²) in [5.74, 6) is -0.465. The molecule has 0 saturated carbocycles. The number of rotatable bonds is 11. The molecule has 0 aliphatic carbocycles. The maximum absolute atomic E-state index is 14.0. The van der Waals surface area contributed by atoms with Gasteiger partial charge in [0, 0.05) is 28.2 Å². The lowest BCUT2D eigenvalue weighted by Gasteiger charge is -2.33. The lowest BCUT2D eigenvalue weighted by Crippen LogP contribution is -2.54. The molecule has 226 valence electrons. The lowest BCUT2D eigenvalue weighted by atomic mass is 10.1. The number of ether oxygens (including phenoxy) is 2. The highest BCUT2D eigenvalue weighted by Crippen LogP contribution is 2.32. The molecule has 42 heavy (non-hydrogen) atoms. The first-order valence-electron chi connectivity index (χ1n) is 13.0. The van der Waals surface area contributed by atoms with Crippen LogP contribution in [0.1, 0.15) is 33.3 Å². The molecule has 0 heterocycles. The van der Waals surface area contributed by atoms with Crippen LogP contribution < -0.4 is 19.1 Å². The van der Waals surface area contributed by atoms with Gasteiger partial charge in [0.25, 0.3) is 10.0 Å². The van der Waals surface area contributed by atoms with E-state index in [1.807, 2.05) is 20.8 Å². The van der Waals surface area contributed by atoms with Crippen LogP contribution in [0.25, 0.3) is 0 Å². The van der Waals surface area contributed by atoms with Gasteiger partial charge in [-0.25, -0.2) is 8.42 Å². The zero-order valence-corrected chi connectivity index (χ0v) is 26.7. The Bertz CT molecular complexity index is 1530. The zero-order chi connectivity index (χ0) is 31.2. The highest BCUT2D eigenvalue weighted by Gasteiger charge is 2.34. The predicted octanol–water partition coefficient (Wildman–Crippen LogP) is 5.54. The quantitative estimate of drug-likeness (QED) is 0.297. The van der Waals surface area contributed by atoms with E-state index in [0.29, 0.717) is 21.4 Å². The standard InChI is InChI=1S/C30H35Cl2N3O6S/c1-20(29(37)33-30(2,3)4)34(18-21-12-13-22(31)16-25(21)32)28(36)19-35(23-10-8-7-9-11-23)42(38,39)24-14-15-26(40-5)27(17-24)41-6/h7-17,20H,18-19H2,1-6H3,(H,33,37)/t20-/m0/s1. The van der Waals surface area contributed by atoms with E-state index >= 15 is 0 Å². The van der Waals surface area contributed by atoms with E-state index in [1.54, 1.807) is 55.5 Å². The van der Waals surface area contributed by atoms with Crippen molar-refractivity contribution in [3.8, 4) is 11.5 Å². The van der Waals surface area contributed by atoms with Gasteiger partial charge in [-0.3, -0.25) is 13.9 Å². The van der Waals surface area contributed by atoms with E-state index in [-0.39, 0.29) is 22.9 Å². The molecule has 0 aromatic heterocycles. The summed E-state index contributed by atoms with van der Waals surface area (Å²) in [6.45, 7) is 6.40. The molecular formula is C30H35Cl2N3O6S. The first-order valence-corrected chi connectivity index (χ1v) is 15.2. The fourth-order valence-electron chi connectivity index (χ4n) is 4.12. The van der Waals surface area contributed by atoms with Crippen molar-refractivity contribution in [1.29, 1.82) is 0 Å². The van der Waals surface area contributed by atoms with Gasteiger partial charge in [-0.1, -0.05) is 47.5 Å². The van der Waals surface area contributed by atoms with E-state index in [0.717, 1.165) is 4.31 Å². The number of para-hydroxylation sites is 1. The minimum Gasteiger partial charge on any atom is -0.493 e. The fourth-order valence-corrected chi connectivity index (χ4v) is 6.02. The van der Waals surface area contributed by atoms with Gasteiger partial charge in [-0.2, -0.15) is 0 Å². The molecule has 0 spiro atoms. The Morgan fingerprint density at radius 1 is 0.929 bits per heavy atom. The highest BCUT2D eigenvalue weighted by molar-refractivity contribution is 7.92. The van der Waals surface area contributed by atoms with Gasteiger partial charge in [0.2, 0.25) is 11.8 Å². The van der Waals surface area contributed by atoms with Crippen molar-refractivity contribution >= 4 is 50.7 Å². The van der Waals surface area contributed by atoms with Crippen LogP contribution in [-0.4, -0.2) is 57.5 Å². The number of carbonyl (C=O) groups is 2. The average Bonchev–Trinajstić information content (AvgIpc) is 2.94. The number of amides is 2. The minimum absolute atomic E-state index is 0.0629. The maximum Gasteiger partial charge on any atom is 0.264 e. The molecule has 9 nitrogen and oxygen atoms in total. The molecule has 0 aliphatic heterocycles. The van der Waals surface area contributed by atoms with Crippen LogP contribution in [0.3, 0.4) is 0 Å². The van der Waals surface area contributed by atoms with Crippen LogP contribution >= 0.6 is 23.2 Å². The van der Waals surface area contributed by atoms with Crippen LogP contribution in [0.5, 0.6) is 11.5 Å². The topological polar surface area (TPSA) is 105 Å². The number of benzene rings is 3. The Kier molecular flexibility index (Phi) is 10.8. The van der Waals surface area contributed by atoms with E-state index in [9.17, 15) is 18.0 Å². The molecule has 1 N–H and O–H groups in total. The average molecular weight is 637 g/mol. The Morgan fingerprint density at radius 2 is 1.57 bits per heavy atom. The molecule has 0 unspecified atom stereocenters. The van der Waals surface area contributed by atoms with Crippen molar-refractivity contribution in [3.05, 3.63) is 82.3 Å². The smallest absolute Gasteiger partial charge is 0.264 e. The molecule has 1 atom stereocenters. The van der Waals surface area contributed by atoms with E-state index < -0.39 is 40.0 Å². The summed E-state index contributed by atoms with van der Waals surface area (Å²) < 4.78 is 39.7. The van der Waals surface area contributed by atoms with Crippen LogP contribution in [0.15, 0.2) is 71.6 Å². The second kappa shape index (κ2) is 13.7. The van der Waals surface area contributed by atoms with E-state index in [1.165, 1.54) is 37.3 Å². The third-order valence-electron chi connectivity index (χ3n) is 6.29. The van der Waals surface area contributed by atoms with Gasteiger partial charge in [-0.05, 0) is 69.7 Å². The van der Waals surface area contributed by atoms with Crippen molar-refractivity contribution in [2.75, 3.05) is 25.1 Å². The summed E-state index contributed by atoms with van der Waals surface area (Å²) in [7, 11) is -1.45. The minimum atomic E-state index is -4.30. The van der Waals surface area contributed by atoms with Gasteiger partial charge in [0.15, 0.2) is 11.5 Å². The number of methoxy groups -OCH3 is 2. The number of anilines is 1. The summed E-state index contributed by atoms with van der Waals surface area (Å²) in [6.07, 6.45) is 0. The van der Waals surface area contributed by atoms with Crippen LogP contribution in [0, 0.1) is 0 Å². The third-order valence-corrected chi connectivity index (χ3v) is 8.64. The molecule has 0 radical (unpaired) electrons. The van der Waals surface area contributed by atoms with Gasteiger partial charge < -0.3 is 19.7 Å². The summed E-state index contributed by atoms with van der Waals surface area (Å²) >= 11 is 12.5. The number of sulfonamides is 1. The Balaban J connectivity index is 2.07. The third kappa shape index (κ3) is 8.08. The van der Waals surface area contributed by atoms with Crippen LogP contribution in [0.4, 0.5) is 5.69 Å². The summed E-state index contributed by atoms with van der Waals surface area (Å²) in [4.78, 5) is 28.5. The lowest BCUT2D eigenvalue weighted by molar-refractivity contribution is -0.140. The molecule has 0 fully saturated rings. The van der Waals surface area contributed by atoms with Crippen molar-refractivity contribution in [2.45, 2.75) is 50.7 Å². The van der Waals surface area contributed by atoms with Gasteiger partial charge >= 0.3 is 0 Å². The van der Waals surface area contributed by atoms with Gasteiger partial charge in [-0.15, -0.1) is 0 Å². The number of halogens is 2. The molecule has 0 saturated heterocycles. The summed E-state index contributed by atoms with van der Waals surface area (Å²) in [6, 6.07) is 16.3. The maximum atomic E-state index is 14.0. The van der Waals surface area contributed by atoms with Crippen molar-refractivity contribution < 1.29 is 27.5 Å². The number of hydrogen-bond acceptors (Lipinski definition) is 6. The molecule has 2 amide bonds. The first kappa shape index (κ1) is 33.0. The molecule has 3 rings (SSSR count). The van der Waals surface area contributed by atoms with Gasteiger partial charge in [0.1, 0.15) is 12.6 Å².